The van der Waals surface area contributed by atoms with Crippen LogP contribution in [0.2, 0.25) is 0 Å². The van der Waals surface area contributed by atoms with Gasteiger partial charge in [0.25, 0.3) is 5.91 Å². The van der Waals surface area contributed by atoms with Gasteiger partial charge in [-0.15, -0.1) is 10.2 Å². The summed E-state index contributed by atoms with van der Waals surface area (Å²) in [5, 5.41) is 11.6. The zero-order valence-corrected chi connectivity index (χ0v) is 16.7. The van der Waals surface area contributed by atoms with E-state index in [1.807, 2.05) is 48.5 Å². The average Bonchev–Trinajstić information content (AvgIpc) is 3.01. The predicted molar refractivity (Wildman–Crippen MR) is 113 cm³/mol. The van der Waals surface area contributed by atoms with E-state index in [1.165, 1.54) is 18.4 Å². The first kappa shape index (κ1) is 19.2. The molecule has 0 aliphatic carbocycles. The zero-order chi connectivity index (χ0) is 20.1. The van der Waals surface area contributed by atoms with Crippen molar-refractivity contribution in [2.24, 2.45) is 0 Å². The quantitative estimate of drug-likeness (QED) is 0.683. The van der Waals surface area contributed by atoms with E-state index < -0.39 is 0 Å². The van der Waals surface area contributed by atoms with Crippen LogP contribution in [-0.2, 0) is 24.2 Å². The predicted octanol–water partition coefficient (Wildman–Crippen LogP) is 4.25. The molecule has 0 spiro atoms. The number of anilines is 1. The molecule has 0 fully saturated rings. The number of ether oxygens (including phenoxy) is 1. The van der Waals surface area contributed by atoms with Gasteiger partial charge in [-0.2, -0.15) is 0 Å². The van der Waals surface area contributed by atoms with Crippen LogP contribution in [0.25, 0.3) is 11.4 Å². The Labute approximate surface area is 170 Å². The molecule has 4 rings (SSSR count). The van der Waals surface area contributed by atoms with Crippen LogP contribution in [0.5, 0.6) is 5.75 Å². The molecule has 0 saturated carbocycles. The normalized spacial score (nSPS) is 13.4. The van der Waals surface area contributed by atoms with Gasteiger partial charge < -0.3 is 14.6 Å². The third-order valence-electron chi connectivity index (χ3n) is 5.21. The number of rotatable bonds is 6. The van der Waals surface area contributed by atoms with Gasteiger partial charge in [0, 0.05) is 24.2 Å². The first-order valence-corrected chi connectivity index (χ1v) is 10.3. The molecule has 150 valence electrons. The molecule has 1 aliphatic heterocycles. The summed E-state index contributed by atoms with van der Waals surface area (Å²) in [6.07, 6.45) is 5.49. The topological polar surface area (TPSA) is 69.0 Å². The van der Waals surface area contributed by atoms with Crippen molar-refractivity contribution in [3.63, 3.8) is 0 Å². The number of aryl methyl sites for hydroxylation is 2. The molecule has 3 aromatic rings. The minimum atomic E-state index is -0.184. The largest absolute Gasteiger partial charge is 0.484 e. The van der Waals surface area contributed by atoms with Gasteiger partial charge >= 0.3 is 0 Å². The maximum Gasteiger partial charge on any atom is 0.262 e. The summed E-state index contributed by atoms with van der Waals surface area (Å²) in [5.41, 5.74) is 2.93. The lowest BCUT2D eigenvalue weighted by atomic mass is 10.2. The average molecular weight is 390 g/mol. The third kappa shape index (κ3) is 4.65. The van der Waals surface area contributed by atoms with Crippen molar-refractivity contribution in [2.75, 3.05) is 11.9 Å². The molecule has 1 amide bonds. The van der Waals surface area contributed by atoms with E-state index in [-0.39, 0.29) is 12.5 Å². The third-order valence-corrected chi connectivity index (χ3v) is 5.21. The molecule has 1 aromatic heterocycles. The molecule has 29 heavy (non-hydrogen) atoms. The first-order valence-electron chi connectivity index (χ1n) is 10.3. The van der Waals surface area contributed by atoms with Crippen molar-refractivity contribution < 1.29 is 9.53 Å². The van der Waals surface area contributed by atoms with E-state index in [0.29, 0.717) is 5.75 Å². The second-order valence-electron chi connectivity index (χ2n) is 7.32. The number of carbonyl (C=O) groups is 1. The van der Waals surface area contributed by atoms with Crippen molar-refractivity contribution in [2.45, 2.75) is 45.6 Å². The number of fused-ring (bicyclic) bond motifs is 1. The van der Waals surface area contributed by atoms with Crippen LogP contribution in [0.15, 0.2) is 48.5 Å². The fourth-order valence-electron chi connectivity index (χ4n) is 3.60. The Morgan fingerprint density at radius 3 is 2.79 bits per heavy atom. The molecule has 2 aromatic carbocycles. The van der Waals surface area contributed by atoms with Gasteiger partial charge in [-0.1, -0.05) is 25.5 Å². The lowest BCUT2D eigenvalue weighted by Gasteiger charge is -2.10. The summed E-state index contributed by atoms with van der Waals surface area (Å²) in [4.78, 5) is 12.2. The molecule has 1 aliphatic rings. The van der Waals surface area contributed by atoms with Gasteiger partial charge in [0.2, 0.25) is 0 Å². The van der Waals surface area contributed by atoms with Gasteiger partial charge in [0.05, 0.1) is 0 Å². The van der Waals surface area contributed by atoms with Crippen molar-refractivity contribution in [1.82, 2.24) is 14.8 Å². The summed E-state index contributed by atoms with van der Waals surface area (Å²) >= 11 is 0. The maximum absolute atomic E-state index is 12.2. The van der Waals surface area contributed by atoms with E-state index in [1.54, 1.807) is 0 Å². The van der Waals surface area contributed by atoms with Crippen molar-refractivity contribution in [1.29, 1.82) is 0 Å². The van der Waals surface area contributed by atoms with Crippen molar-refractivity contribution in [3.8, 4) is 17.1 Å². The van der Waals surface area contributed by atoms with E-state index in [2.05, 4.69) is 27.0 Å². The molecule has 0 bridgehead atoms. The number of hydrogen-bond donors (Lipinski definition) is 1. The number of hydrogen-bond acceptors (Lipinski definition) is 4. The maximum atomic E-state index is 12.2. The standard InChI is InChI=1S/C23H26N4O2/c1-2-17-7-6-8-20(15-17)29-16-22(28)24-19-12-10-18(11-13-19)23-26-25-21-9-4-3-5-14-27(21)23/h6-8,10-13,15H,2-5,9,14,16H2,1H3,(H,24,28). The summed E-state index contributed by atoms with van der Waals surface area (Å²) in [6.45, 7) is 3.03. The van der Waals surface area contributed by atoms with Crippen LogP contribution >= 0.6 is 0 Å². The van der Waals surface area contributed by atoms with Gasteiger partial charge in [0.15, 0.2) is 12.4 Å². The Bertz CT molecular complexity index is 979. The minimum absolute atomic E-state index is 0.0212. The zero-order valence-electron chi connectivity index (χ0n) is 16.7. The van der Waals surface area contributed by atoms with E-state index in [4.69, 9.17) is 4.74 Å². The number of benzene rings is 2. The Morgan fingerprint density at radius 1 is 1.10 bits per heavy atom. The van der Waals surface area contributed by atoms with Gasteiger partial charge in [0.1, 0.15) is 11.6 Å². The Kier molecular flexibility index (Phi) is 5.89. The number of carbonyl (C=O) groups excluding carboxylic acids is 1. The van der Waals surface area contributed by atoms with Crippen LogP contribution < -0.4 is 10.1 Å². The first-order chi connectivity index (χ1) is 14.2. The molecule has 6 heteroatoms. The number of amides is 1. The lowest BCUT2D eigenvalue weighted by molar-refractivity contribution is -0.118. The van der Waals surface area contributed by atoms with Crippen LogP contribution in [-0.4, -0.2) is 27.3 Å². The Balaban J connectivity index is 1.37. The molecule has 0 saturated heterocycles. The minimum Gasteiger partial charge on any atom is -0.484 e. The van der Waals surface area contributed by atoms with Crippen LogP contribution in [0.4, 0.5) is 5.69 Å². The molecule has 0 atom stereocenters. The highest BCUT2D eigenvalue weighted by Crippen LogP contribution is 2.24. The molecule has 0 unspecified atom stereocenters. The highest BCUT2D eigenvalue weighted by atomic mass is 16.5. The molecular weight excluding hydrogens is 364 g/mol. The Hall–Kier alpha value is -3.15. The highest BCUT2D eigenvalue weighted by Gasteiger charge is 2.16. The SMILES string of the molecule is CCc1cccc(OCC(=O)Nc2ccc(-c3nnc4n3CCCCC4)cc2)c1. The molecule has 2 heterocycles. The smallest absolute Gasteiger partial charge is 0.262 e. The lowest BCUT2D eigenvalue weighted by Crippen LogP contribution is -2.20. The Morgan fingerprint density at radius 2 is 1.97 bits per heavy atom. The number of nitrogens with zero attached hydrogens (tertiary/aromatic N) is 3. The van der Waals surface area contributed by atoms with Crippen LogP contribution in [0, 0.1) is 0 Å². The number of aromatic nitrogens is 3. The van der Waals surface area contributed by atoms with Crippen LogP contribution in [0.1, 0.15) is 37.6 Å². The summed E-state index contributed by atoms with van der Waals surface area (Å²) < 4.78 is 7.83. The fourth-order valence-corrected chi connectivity index (χ4v) is 3.60. The summed E-state index contributed by atoms with van der Waals surface area (Å²) in [5.74, 6) is 2.50. The highest BCUT2D eigenvalue weighted by molar-refractivity contribution is 5.92. The second kappa shape index (κ2) is 8.90. The van der Waals surface area contributed by atoms with Crippen molar-refractivity contribution >= 4 is 11.6 Å². The van der Waals surface area contributed by atoms with Gasteiger partial charge in [-0.25, -0.2) is 0 Å². The molecular formula is C23H26N4O2. The van der Waals surface area contributed by atoms with E-state index in [0.717, 1.165) is 48.7 Å². The monoisotopic (exact) mass is 390 g/mol. The fraction of sp³-hybridized carbons (Fsp3) is 0.348. The van der Waals surface area contributed by atoms with E-state index >= 15 is 0 Å². The summed E-state index contributed by atoms with van der Waals surface area (Å²) in [7, 11) is 0. The molecule has 6 nitrogen and oxygen atoms in total. The van der Waals surface area contributed by atoms with Gasteiger partial charge in [-0.3, -0.25) is 4.79 Å². The molecule has 0 radical (unpaired) electrons. The number of nitrogens with one attached hydrogen (secondary N) is 1. The second-order valence-corrected chi connectivity index (χ2v) is 7.32. The van der Waals surface area contributed by atoms with Gasteiger partial charge in [-0.05, 0) is 61.2 Å². The summed E-state index contributed by atoms with van der Waals surface area (Å²) in [6, 6.07) is 15.5. The van der Waals surface area contributed by atoms with Crippen molar-refractivity contribution in [3.05, 3.63) is 59.9 Å². The van der Waals surface area contributed by atoms with E-state index in [9.17, 15) is 4.79 Å². The molecule has 1 N–H and O–H groups in total. The van der Waals surface area contributed by atoms with Crippen LogP contribution in [0.3, 0.4) is 0 Å².